The van der Waals surface area contributed by atoms with Crippen LogP contribution in [0, 0.1) is 5.92 Å². The van der Waals surface area contributed by atoms with Gasteiger partial charge in [-0.1, -0.05) is 6.07 Å². The smallest absolute Gasteiger partial charge is 0.121 e. The predicted molar refractivity (Wildman–Crippen MR) is 72.8 cm³/mol. The van der Waals surface area contributed by atoms with E-state index in [9.17, 15) is 0 Å². The standard InChI is InChI=1S/C15H18N2O/c1-2-13-5-6-14(10-15(13)17-7-1)18-9-8-16-11-12-3-4-12/h1-2,5-7,10,12,16H,3-4,8-9,11H2. The highest BCUT2D eigenvalue weighted by Gasteiger charge is 2.19. The van der Waals surface area contributed by atoms with Crippen molar-refractivity contribution >= 4 is 10.9 Å². The Hall–Kier alpha value is -1.61. The fourth-order valence-corrected chi connectivity index (χ4v) is 2.01. The summed E-state index contributed by atoms with van der Waals surface area (Å²) < 4.78 is 5.71. The third-order valence-corrected chi connectivity index (χ3v) is 3.25. The first-order valence-corrected chi connectivity index (χ1v) is 6.60. The molecule has 0 saturated heterocycles. The van der Waals surface area contributed by atoms with Crippen LogP contribution in [0.2, 0.25) is 0 Å². The van der Waals surface area contributed by atoms with E-state index in [0.29, 0.717) is 6.61 Å². The molecule has 0 aliphatic heterocycles. The van der Waals surface area contributed by atoms with Crippen LogP contribution < -0.4 is 10.1 Å². The lowest BCUT2D eigenvalue weighted by molar-refractivity contribution is 0.313. The summed E-state index contributed by atoms with van der Waals surface area (Å²) in [6, 6.07) is 10.1. The van der Waals surface area contributed by atoms with Gasteiger partial charge in [-0.25, -0.2) is 0 Å². The summed E-state index contributed by atoms with van der Waals surface area (Å²) in [5.74, 6) is 1.82. The number of benzene rings is 1. The Morgan fingerprint density at radius 1 is 1.28 bits per heavy atom. The van der Waals surface area contributed by atoms with E-state index in [2.05, 4.69) is 22.4 Å². The van der Waals surface area contributed by atoms with Gasteiger partial charge in [-0.3, -0.25) is 4.98 Å². The van der Waals surface area contributed by atoms with E-state index in [0.717, 1.165) is 35.7 Å². The van der Waals surface area contributed by atoms with Crippen LogP contribution in [0.5, 0.6) is 5.75 Å². The Kier molecular flexibility index (Phi) is 3.42. The number of hydrogen-bond acceptors (Lipinski definition) is 3. The predicted octanol–water partition coefficient (Wildman–Crippen LogP) is 2.61. The van der Waals surface area contributed by atoms with Crippen molar-refractivity contribution in [3.05, 3.63) is 36.5 Å². The van der Waals surface area contributed by atoms with Crippen LogP contribution in [-0.2, 0) is 0 Å². The van der Waals surface area contributed by atoms with Crippen LogP contribution in [0.15, 0.2) is 36.5 Å². The second kappa shape index (κ2) is 5.36. The molecule has 1 aromatic heterocycles. The Labute approximate surface area is 107 Å². The zero-order chi connectivity index (χ0) is 12.2. The molecule has 1 aliphatic rings. The molecule has 0 bridgehead atoms. The highest BCUT2D eigenvalue weighted by molar-refractivity contribution is 5.79. The molecule has 1 heterocycles. The maximum atomic E-state index is 5.71. The van der Waals surface area contributed by atoms with E-state index in [1.54, 1.807) is 0 Å². The van der Waals surface area contributed by atoms with Crippen molar-refractivity contribution < 1.29 is 4.74 Å². The monoisotopic (exact) mass is 242 g/mol. The normalized spacial score (nSPS) is 14.9. The van der Waals surface area contributed by atoms with Crippen molar-refractivity contribution in [2.24, 2.45) is 5.92 Å². The summed E-state index contributed by atoms with van der Waals surface area (Å²) in [6.07, 6.45) is 4.59. The van der Waals surface area contributed by atoms with Gasteiger partial charge in [-0.2, -0.15) is 0 Å². The van der Waals surface area contributed by atoms with Crippen LogP contribution >= 0.6 is 0 Å². The van der Waals surface area contributed by atoms with Crippen molar-refractivity contribution in [3.63, 3.8) is 0 Å². The Morgan fingerprint density at radius 2 is 2.22 bits per heavy atom. The second-order valence-electron chi connectivity index (χ2n) is 4.85. The number of aromatic nitrogens is 1. The van der Waals surface area contributed by atoms with Gasteiger partial charge < -0.3 is 10.1 Å². The van der Waals surface area contributed by atoms with E-state index in [1.165, 1.54) is 12.8 Å². The first-order valence-electron chi connectivity index (χ1n) is 6.60. The maximum absolute atomic E-state index is 5.71. The highest BCUT2D eigenvalue weighted by Crippen LogP contribution is 2.27. The topological polar surface area (TPSA) is 34.1 Å². The fourth-order valence-electron chi connectivity index (χ4n) is 2.01. The second-order valence-corrected chi connectivity index (χ2v) is 4.85. The van der Waals surface area contributed by atoms with Crippen LogP contribution in [0.1, 0.15) is 12.8 Å². The largest absolute Gasteiger partial charge is 0.492 e. The molecular formula is C15H18N2O. The minimum Gasteiger partial charge on any atom is -0.492 e. The van der Waals surface area contributed by atoms with Gasteiger partial charge in [0.15, 0.2) is 0 Å². The maximum Gasteiger partial charge on any atom is 0.121 e. The summed E-state index contributed by atoms with van der Waals surface area (Å²) in [5.41, 5.74) is 0.987. The van der Waals surface area contributed by atoms with E-state index in [-0.39, 0.29) is 0 Å². The van der Waals surface area contributed by atoms with Crippen LogP contribution in [0.3, 0.4) is 0 Å². The minimum absolute atomic E-state index is 0.713. The van der Waals surface area contributed by atoms with E-state index in [4.69, 9.17) is 4.74 Å². The number of nitrogens with zero attached hydrogens (tertiary/aromatic N) is 1. The fraction of sp³-hybridized carbons (Fsp3) is 0.400. The number of rotatable bonds is 6. The van der Waals surface area contributed by atoms with Gasteiger partial charge in [0.25, 0.3) is 0 Å². The number of fused-ring (bicyclic) bond motifs is 1. The highest BCUT2D eigenvalue weighted by atomic mass is 16.5. The van der Waals surface area contributed by atoms with Crippen molar-refractivity contribution in [1.82, 2.24) is 10.3 Å². The van der Waals surface area contributed by atoms with Crippen LogP contribution in [0.25, 0.3) is 10.9 Å². The molecule has 1 saturated carbocycles. The molecule has 0 radical (unpaired) electrons. The molecule has 1 aliphatic carbocycles. The quantitative estimate of drug-likeness (QED) is 0.791. The average molecular weight is 242 g/mol. The molecule has 0 atom stereocenters. The van der Waals surface area contributed by atoms with Gasteiger partial charge in [-0.15, -0.1) is 0 Å². The summed E-state index contributed by atoms with van der Waals surface area (Å²) in [4.78, 5) is 4.32. The summed E-state index contributed by atoms with van der Waals surface area (Å²) in [7, 11) is 0. The van der Waals surface area contributed by atoms with Gasteiger partial charge >= 0.3 is 0 Å². The van der Waals surface area contributed by atoms with Crippen molar-refractivity contribution in [3.8, 4) is 5.75 Å². The lowest BCUT2D eigenvalue weighted by Gasteiger charge is -2.07. The molecule has 3 nitrogen and oxygen atoms in total. The van der Waals surface area contributed by atoms with Crippen molar-refractivity contribution in [2.75, 3.05) is 19.7 Å². The first kappa shape index (κ1) is 11.5. The van der Waals surface area contributed by atoms with E-state index in [1.807, 2.05) is 24.4 Å². The lowest BCUT2D eigenvalue weighted by atomic mass is 10.2. The first-order chi connectivity index (χ1) is 8.92. The van der Waals surface area contributed by atoms with Gasteiger partial charge in [0, 0.05) is 24.2 Å². The summed E-state index contributed by atoms with van der Waals surface area (Å²) in [6.45, 7) is 2.77. The van der Waals surface area contributed by atoms with Gasteiger partial charge in [-0.05, 0) is 43.5 Å². The zero-order valence-electron chi connectivity index (χ0n) is 10.4. The molecule has 0 spiro atoms. The number of nitrogens with one attached hydrogen (secondary N) is 1. The molecule has 2 aromatic rings. The Balaban J connectivity index is 1.50. The summed E-state index contributed by atoms with van der Waals surface area (Å²) >= 11 is 0. The molecule has 1 fully saturated rings. The van der Waals surface area contributed by atoms with Gasteiger partial charge in [0.05, 0.1) is 5.52 Å². The Bertz CT molecular complexity index is 523. The van der Waals surface area contributed by atoms with Gasteiger partial charge in [0.1, 0.15) is 12.4 Å². The molecule has 1 aromatic carbocycles. The third kappa shape index (κ3) is 2.99. The molecule has 0 amide bonds. The number of ether oxygens (including phenoxy) is 1. The minimum atomic E-state index is 0.713. The van der Waals surface area contributed by atoms with Crippen LogP contribution in [0.4, 0.5) is 0 Å². The SMILES string of the molecule is c1cnc2cc(OCCNCC3CC3)ccc2c1. The molecular weight excluding hydrogens is 224 g/mol. The molecule has 94 valence electrons. The van der Waals surface area contributed by atoms with E-state index >= 15 is 0 Å². The number of hydrogen-bond donors (Lipinski definition) is 1. The molecule has 1 N–H and O–H groups in total. The molecule has 0 unspecified atom stereocenters. The lowest BCUT2D eigenvalue weighted by Crippen LogP contribution is -2.23. The van der Waals surface area contributed by atoms with Gasteiger partial charge in [0.2, 0.25) is 0 Å². The van der Waals surface area contributed by atoms with Crippen molar-refractivity contribution in [2.45, 2.75) is 12.8 Å². The van der Waals surface area contributed by atoms with Crippen molar-refractivity contribution in [1.29, 1.82) is 0 Å². The summed E-state index contributed by atoms with van der Waals surface area (Å²) in [5, 5.41) is 4.56. The molecule has 3 heteroatoms. The third-order valence-electron chi connectivity index (χ3n) is 3.25. The van der Waals surface area contributed by atoms with Crippen LogP contribution in [-0.4, -0.2) is 24.7 Å². The van der Waals surface area contributed by atoms with E-state index < -0.39 is 0 Å². The Morgan fingerprint density at radius 3 is 3.11 bits per heavy atom. The zero-order valence-corrected chi connectivity index (χ0v) is 10.4. The molecule has 18 heavy (non-hydrogen) atoms. The number of pyridine rings is 1. The molecule has 3 rings (SSSR count). The average Bonchev–Trinajstić information content (AvgIpc) is 3.22.